The smallest absolute Gasteiger partial charge is 0.191 e. The number of para-hydroxylation sites is 1. The molecule has 1 aromatic heterocycles. The first-order chi connectivity index (χ1) is 12.8. The van der Waals surface area contributed by atoms with Crippen LogP contribution in [0.25, 0.3) is 0 Å². The van der Waals surface area contributed by atoms with Crippen molar-refractivity contribution < 1.29 is 0 Å². The fourth-order valence-corrected chi connectivity index (χ4v) is 3.96. The molecule has 0 saturated carbocycles. The summed E-state index contributed by atoms with van der Waals surface area (Å²) < 4.78 is 0. The maximum absolute atomic E-state index is 4.74. The average Bonchev–Trinajstić information content (AvgIpc) is 3.15. The number of guanidine groups is 1. The van der Waals surface area contributed by atoms with Crippen molar-refractivity contribution in [2.75, 3.05) is 24.5 Å². The number of rotatable bonds is 6. The predicted molar refractivity (Wildman–Crippen MR) is 111 cm³/mol. The molecule has 0 spiro atoms. The van der Waals surface area contributed by atoms with E-state index in [-0.39, 0.29) is 0 Å². The van der Waals surface area contributed by atoms with E-state index in [0.717, 1.165) is 37.7 Å². The SMILES string of the molecule is CCNC(=NCc1csc(CC)n1)NC1CCCN(c2ccccc2)C1. The zero-order chi connectivity index (χ0) is 18.2. The van der Waals surface area contributed by atoms with E-state index in [1.807, 2.05) is 0 Å². The highest BCUT2D eigenvalue weighted by molar-refractivity contribution is 7.09. The third-order valence-corrected chi connectivity index (χ3v) is 5.57. The van der Waals surface area contributed by atoms with Gasteiger partial charge in [0.15, 0.2) is 5.96 Å². The Morgan fingerprint density at radius 3 is 2.88 bits per heavy atom. The van der Waals surface area contributed by atoms with Crippen LogP contribution < -0.4 is 15.5 Å². The molecular formula is C20H29N5S. The van der Waals surface area contributed by atoms with Crippen molar-refractivity contribution in [2.24, 2.45) is 4.99 Å². The number of piperidine rings is 1. The van der Waals surface area contributed by atoms with Crippen LogP contribution in [0.5, 0.6) is 0 Å². The average molecular weight is 372 g/mol. The highest BCUT2D eigenvalue weighted by Gasteiger charge is 2.20. The van der Waals surface area contributed by atoms with Gasteiger partial charge in [0.25, 0.3) is 0 Å². The van der Waals surface area contributed by atoms with Crippen LogP contribution in [-0.4, -0.2) is 36.6 Å². The van der Waals surface area contributed by atoms with E-state index >= 15 is 0 Å². The zero-order valence-corrected chi connectivity index (χ0v) is 16.6. The van der Waals surface area contributed by atoms with Gasteiger partial charge in [-0.05, 0) is 38.3 Å². The molecule has 0 aliphatic carbocycles. The molecule has 26 heavy (non-hydrogen) atoms. The summed E-state index contributed by atoms with van der Waals surface area (Å²) in [7, 11) is 0. The van der Waals surface area contributed by atoms with E-state index < -0.39 is 0 Å². The summed E-state index contributed by atoms with van der Waals surface area (Å²) in [5.74, 6) is 0.887. The Morgan fingerprint density at radius 2 is 2.15 bits per heavy atom. The summed E-state index contributed by atoms with van der Waals surface area (Å²) in [6.07, 6.45) is 3.35. The number of hydrogen-bond donors (Lipinski definition) is 2. The number of anilines is 1. The maximum Gasteiger partial charge on any atom is 0.191 e. The van der Waals surface area contributed by atoms with Crippen molar-refractivity contribution >= 4 is 23.0 Å². The topological polar surface area (TPSA) is 52.6 Å². The maximum atomic E-state index is 4.74. The third kappa shape index (κ3) is 5.21. The highest BCUT2D eigenvalue weighted by Crippen LogP contribution is 2.19. The summed E-state index contributed by atoms with van der Waals surface area (Å²) >= 11 is 1.72. The van der Waals surface area contributed by atoms with Gasteiger partial charge in [-0.25, -0.2) is 9.98 Å². The molecule has 140 valence electrons. The first-order valence-electron chi connectivity index (χ1n) is 9.56. The summed E-state index contributed by atoms with van der Waals surface area (Å²) in [4.78, 5) is 11.8. The van der Waals surface area contributed by atoms with Gasteiger partial charge in [0, 0.05) is 36.7 Å². The van der Waals surface area contributed by atoms with Gasteiger partial charge < -0.3 is 15.5 Å². The molecule has 1 unspecified atom stereocenters. The molecule has 3 rings (SSSR count). The minimum Gasteiger partial charge on any atom is -0.369 e. The van der Waals surface area contributed by atoms with Gasteiger partial charge in [-0.1, -0.05) is 25.1 Å². The minimum atomic E-state index is 0.406. The molecule has 0 bridgehead atoms. The van der Waals surface area contributed by atoms with Crippen molar-refractivity contribution in [1.29, 1.82) is 0 Å². The number of nitrogens with zero attached hydrogens (tertiary/aromatic N) is 3. The van der Waals surface area contributed by atoms with Gasteiger partial charge in [0.05, 0.1) is 17.2 Å². The van der Waals surface area contributed by atoms with Crippen LogP contribution in [-0.2, 0) is 13.0 Å². The first-order valence-corrected chi connectivity index (χ1v) is 10.4. The van der Waals surface area contributed by atoms with E-state index in [9.17, 15) is 0 Å². The molecule has 1 aliphatic rings. The van der Waals surface area contributed by atoms with Crippen molar-refractivity contribution in [1.82, 2.24) is 15.6 Å². The molecule has 1 aromatic carbocycles. The van der Waals surface area contributed by atoms with Crippen LogP contribution in [0.1, 0.15) is 37.4 Å². The second-order valence-electron chi connectivity index (χ2n) is 6.55. The Kier molecular flexibility index (Phi) is 6.89. The molecule has 1 aliphatic heterocycles. The lowest BCUT2D eigenvalue weighted by atomic mass is 10.1. The van der Waals surface area contributed by atoms with E-state index in [4.69, 9.17) is 4.99 Å². The number of aryl methyl sites for hydroxylation is 1. The van der Waals surface area contributed by atoms with Gasteiger partial charge in [-0.15, -0.1) is 11.3 Å². The largest absolute Gasteiger partial charge is 0.369 e. The van der Waals surface area contributed by atoms with Crippen molar-refractivity contribution in [3.63, 3.8) is 0 Å². The van der Waals surface area contributed by atoms with Gasteiger partial charge in [-0.3, -0.25) is 0 Å². The van der Waals surface area contributed by atoms with Crippen LogP contribution in [0.4, 0.5) is 5.69 Å². The summed E-state index contributed by atoms with van der Waals surface area (Å²) in [6.45, 7) is 7.85. The number of hydrogen-bond acceptors (Lipinski definition) is 4. The molecule has 0 amide bonds. The van der Waals surface area contributed by atoms with E-state index in [2.05, 4.69) is 70.1 Å². The van der Waals surface area contributed by atoms with Crippen molar-refractivity contribution in [3.05, 3.63) is 46.4 Å². The normalized spacial score (nSPS) is 18.0. The van der Waals surface area contributed by atoms with Gasteiger partial charge in [0.2, 0.25) is 0 Å². The molecule has 1 fully saturated rings. The van der Waals surface area contributed by atoms with Crippen LogP contribution in [0.15, 0.2) is 40.7 Å². The van der Waals surface area contributed by atoms with Crippen LogP contribution in [0.3, 0.4) is 0 Å². The molecule has 2 heterocycles. The Balaban J connectivity index is 1.60. The molecule has 1 saturated heterocycles. The molecule has 5 nitrogen and oxygen atoms in total. The second-order valence-corrected chi connectivity index (χ2v) is 7.49. The van der Waals surface area contributed by atoms with Crippen molar-refractivity contribution in [3.8, 4) is 0 Å². The van der Waals surface area contributed by atoms with E-state index in [1.54, 1.807) is 11.3 Å². The number of thiazole rings is 1. The van der Waals surface area contributed by atoms with E-state index in [0.29, 0.717) is 12.6 Å². The molecule has 6 heteroatoms. The lowest BCUT2D eigenvalue weighted by Crippen LogP contribution is -2.51. The van der Waals surface area contributed by atoms with Crippen LogP contribution in [0, 0.1) is 0 Å². The Bertz CT molecular complexity index is 697. The summed E-state index contributed by atoms with van der Waals surface area (Å²) in [5.41, 5.74) is 2.36. The van der Waals surface area contributed by atoms with Gasteiger partial charge >= 0.3 is 0 Å². The Labute approximate surface area is 160 Å². The monoisotopic (exact) mass is 371 g/mol. The lowest BCUT2D eigenvalue weighted by molar-refractivity contribution is 0.468. The van der Waals surface area contributed by atoms with Gasteiger partial charge in [-0.2, -0.15) is 0 Å². The summed E-state index contributed by atoms with van der Waals surface area (Å²) in [5, 5.41) is 10.3. The lowest BCUT2D eigenvalue weighted by Gasteiger charge is -2.35. The molecule has 1 atom stereocenters. The quantitative estimate of drug-likeness (QED) is 0.603. The van der Waals surface area contributed by atoms with Gasteiger partial charge in [0.1, 0.15) is 0 Å². The van der Waals surface area contributed by atoms with Crippen LogP contribution in [0.2, 0.25) is 0 Å². The predicted octanol–water partition coefficient (Wildman–Crippen LogP) is 3.43. The first kappa shape index (κ1) is 18.7. The zero-order valence-electron chi connectivity index (χ0n) is 15.7. The number of aromatic nitrogens is 1. The number of benzene rings is 1. The second kappa shape index (κ2) is 9.57. The number of aliphatic imine (C=N–C) groups is 1. The van der Waals surface area contributed by atoms with Crippen molar-refractivity contribution in [2.45, 2.75) is 45.7 Å². The highest BCUT2D eigenvalue weighted by atomic mass is 32.1. The molecule has 2 N–H and O–H groups in total. The minimum absolute atomic E-state index is 0.406. The fraction of sp³-hybridized carbons (Fsp3) is 0.500. The fourth-order valence-electron chi connectivity index (χ4n) is 3.23. The standard InChI is InChI=1S/C20H29N5S/c1-3-19-23-17(15-26-19)13-22-20(21-4-2)24-16-9-8-12-25(14-16)18-10-6-5-7-11-18/h5-7,10-11,15-16H,3-4,8-9,12-14H2,1-2H3,(H2,21,22,24). The Hall–Kier alpha value is -2.08. The third-order valence-electron chi connectivity index (χ3n) is 4.53. The molecular weight excluding hydrogens is 342 g/mol. The summed E-state index contributed by atoms with van der Waals surface area (Å²) in [6, 6.07) is 11.1. The molecule has 2 aromatic rings. The van der Waals surface area contributed by atoms with E-state index in [1.165, 1.54) is 23.5 Å². The number of nitrogens with one attached hydrogen (secondary N) is 2. The molecule has 0 radical (unpaired) electrons. The van der Waals surface area contributed by atoms with Crippen LogP contribution >= 0.6 is 11.3 Å². The Morgan fingerprint density at radius 1 is 1.31 bits per heavy atom.